The van der Waals surface area contributed by atoms with Gasteiger partial charge >= 0.3 is 0 Å². The Balaban J connectivity index is 1.38. The lowest BCUT2D eigenvalue weighted by atomic mass is 9.74. The van der Waals surface area contributed by atoms with Gasteiger partial charge in [0.05, 0.1) is 11.4 Å². The predicted molar refractivity (Wildman–Crippen MR) is 211 cm³/mol. The van der Waals surface area contributed by atoms with Gasteiger partial charge in [0, 0.05) is 21.4 Å². The number of hydrogen-bond acceptors (Lipinski definition) is 2. The average molecular weight is 656 g/mol. The van der Waals surface area contributed by atoms with Crippen molar-refractivity contribution >= 4 is 61.5 Å². The molecule has 1 heterocycles. The monoisotopic (exact) mass is 655 g/mol. The van der Waals surface area contributed by atoms with Crippen LogP contribution in [0, 0.1) is 0 Å². The Kier molecular flexibility index (Phi) is 6.96. The fraction of sp³-hybridized carbons (Fsp3) is 0.0417. The summed E-state index contributed by atoms with van der Waals surface area (Å²) in [5, 5.41) is 7.88. The minimum atomic E-state index is 0.197. The van der Waals surface area contributed by atoms with E-state index in [9.17, 15) is 0 Å². The molecule has 1 aliphatic heterocycles. The van der Waals surface area contributed by atoms with Crippen molar-refractivity contribution in [3.05, 3.63) is 209 Å². The molecule has 2 heteroatoms. The van der Waals surface area contributed by atoms with Crippen molar-refractivity contribution in [3.63, 3.8) is 0 Å². The molecular weight excluding hydrogens is 623 g/mol. The van der Waals surface area contributed by atoms with Crippen molar-refractivity contribution in [2.45, 2.75) is 22.1 Å². The van der Waals surface area contributed by atoms with E-state index in [0.717, 1.165) is 6.42 Å². The highest BCUT2D eigenvalue weighted by Gasteiger charge is 2.29. The first-order valence-corrected chi connectivity index (χ1v) is 18.2. The highest BCUT2D eigenvalue weighted by atomic mass is 32.2. The Morgan fingerprint density at radius 1 is 0.440 bits per heavy atom. The predicted octanol–water partition coefficient (Wildman–Crippen LogP) is 11.5. The number of nitrogens with zero attached hydrogens (tertiary/aromatic N) is 1. The Hall–Kier alpha value is -5.83. The minimum Gasteiger partial charge on any atom is -0.308 e. The van der Waals surface area contributed by atoms with Crippen LogP contribution < -0.4 is 15.3 Å². The van der Waals surface area contributed by atoms with Crippen LogP contribution in [0.4, 0.5) is 17.1 Å². The van der Waals surface area contributed by atoms with E-state index in [1.165, 1.54) is 86.7 Å². The van der Waals surface area contributed by atoms with Gasteiger partial charge in [-0.05, 0) is 103 Å². The molecule has 2 aliphatic rings. The molecule has 236 valence electrons. The van der Waals surface area contributed by atoms with Gasteiger partial charge in [-0.15, -0.1) is 0 Å². The molecule has 0 spiro atoms. The maximum Gasteiger partial charge on any atom is 0.0601 e. The first kappa shape index (κ1) is 29.1. The number of anilines is 3. The van der Waals surface area contributed by atoms with Gasteiger partial charge in [-0.25, -0.2) is 0 Å². The average Bonchev–Trinajstić information content (AvgIpc) is 3.20. The van der Waals surface area contributed by atoms with Crippen LogP contribution in [-0.2, 0) is 0 Å². The number of para-hydroxylation sites is 2. The molecule has 8 aromatic rings. The van der Waals surface area contributed by atoms with Crippen LogP contribution in [0.15, 0.2) is 192 Å². The fourth-order valence-electron chi connectivity index (χ4n) is 8.31. The van der Waals surface area contributed by atoms with Crippen LogP contribution in [0.1, 0.15) is 29.0 Å². The maximum atomic E-state index is 2.45. The summed E-state index contributed by atoms with van der Waals surface area (Å²) in [7, 11) is 0. The zero-order valence-electron chi connectivity index (χ0n) is 27.5. The lowest BCUT2D eigenvalue weighted by Gasteiger charge is -2.33. The molecular formula is C48H33NS. The molecule has 1 nitrogen and oxygen atoms in total. The molecule has 8 aromatic carbocycles. The summed E-state index contributed by atoms with van der Waals surface area (Å²) < 4.78 is 0. The molecule has 0 fully saturated rings. The third-order valence-corrected chi connectivity index (χ3v) is 11.6. The Bertz CT molecular complexity index is 2650. The third-order valence-electron chi connectivity index (χ3n) is 10.4. The van der Waals surface area contributed by atoms with Crippen molar-refractivity contribution < 1.29 is 0 Å². The van der Waals surface area contributed by atoms with Gasteiger partial charge < -0.3 is 4.90 Å². The van der Waals surface area contributed by atoms with Gasteiger partial charge in [0.2, 0.25) is 0 Å². The normalized spacial score (nSPS) is 15.1. The quantitative estimate of drug-likeness (QED) is 0.174. The standard InChI is InChI=1S/C48H33NS/c1-4-16-32(17-5-1)39-31-40(33-18-6-2-7-19-33)47-37-23-11-10-22-36(37)41-30-35(28-29-38(41)48(47)46(39)34-20-8-3-9-21-34)49-42-24-12-14-26-44(42)50-45-27-15-13-25-43(45)49/h1-30,39H,31H2. The Morgan fingerprint density at radius 3 is 1.66 bits per heavy atom. The van der Waals surface area contributed by atoms with Crippen molar-refractivity contribution in [2.24, 2.45) is 0 Å². The first-order valence-electron chi connectivity index (χ1n) is 17.4. The molecule has 1 aliphatic carbocycles. The lowest BCUT2D eigenvalue weighted by molar-refractivity contribution is 0.876. The van der Waals surface area contributed by atoms with E-state index < -0.39 is 0 Å². The van der Waals surface area contributed by atoms with Gasteiger partial charge in [0.15, 0.2) is 0 Å². The smallest absolute Gasteiger partial charge is 0.0601 e. The highest BCUT2D eigenvalue weighted by molar-refractivity contribution is 7.99. The molecule has 50 heavy (non-hydrogen) atoms. The van der Waals surface area contributed by atoms with Crippen LogP contribution >= 0.6 is 11.8 Å². The number of benzene rings is 8. The fourth-order valence-corrected chi connectivity index (χ4v) is 9.37. The SMILES string of the molecule is c1ccc(C2=c3c(c4ccc(N5c6ccccc6Sc6ccccc65)cc4c4ccccc34)=C(c3ccccc3)C(c3ccccc3)C2)cc1. The van der Waals surface area contributed by atoms with E-state index in [4.69, 9.17) is 0 Å². The van der Waals surface area contributed by atoms with E-state index in [-0.39, 0.29) is 5.92 Å². The summed E-state index contributed by atoms with van der Waals surface area (Å²) in [6, 6.07) is 67.1. The minimum absolute atomic E-state index is 0.197. The largest absolute Gasteiger partial charge is 0.308 e. The van der Waals surface area contributed by atoms with E-state index in [1.54, 1.807) is 0 Å². The second-order valence-corrected chi connectivity index (χ2v) is 14.3. The molecule has 1 unspecified atom stereocenters. The molecule has 0 aromatic heterocycles. The molecule has 0 saturated carbocycles. The molecule has 0 N–H and O–H groups in total. The van der Waals surface area contributed by atoms with E-state index in [0.29, 0.717) is 0 Å². The van der Waals surface area contributed by atoms with Crippen molar-refractivity contribution in [1.82, 2.24) is 0 Å². The Labute approximate surface area is 296 Å². The lowest BCUT2D eigenvalue weighted by Crippen LogP contribution is -2.37. The van der Waals surface area contributed by atoms with Gasteiger partial charge in [-0.3, -0.25) is 0 Å². The molecule has 0 amide bonds. The molecule has 0 radical (unpaired) electrons. The van der Waals surface area contributed by atoms with Crippen LogP contribution in [0.25, 0.3) is 32.7 Å². The number of fused-ring (bicyclic) bond motifs is 8. The summed E-state index contributed by atoms with van der Waals surface area (Å²) in [5.41, 5.74) is 10.4. The maximum absolute atomic E-state index is 2.45. The van der Waals surface area contributed by atoms with Crippen molar-refractivity contribution in [1.29, 1.82) is 0 Å². The summed E-state index contributed by atoms with van der Waals surface area (Å²) in [5.74, 6) is 0.197. The molecule has 0 bridgehead atoms. The summed E-state index contributed by atoms with van der Waals surface area (Å²) in [4.78, 5) is 4.99. The van der Waals surface area contributed by atoms with Gasteiger partial charge in [-0.2, -0.15) is 0 Å². The van der Waals surface area contributed by atoms with Gasteiger partial charge in [0.25, 0.3) is 0 Å². The van der Waals surface area contributed by atoms with Crippen molar-refractivity contribution in [3.8, 4) is 0 Å². The van der Waals surface area contributed by atoms with Crippen LogP contribution in [-0.4, -0.2) is 0 Å². The highest BCUT2D eigenvalue weighted by Crippen LogP contribution is 2.51. The third kappa shape index (κ3) is 4.64. The van der Waals surface area contributed by atoms with Crippen molar-refractivity contribution in [2.75, 3.05) is 4.90 Å². The molecule has 0 saturated heterocycles. The van der Waals surface area contributed by atoms with Crippen LogP contribution in [0.5, 0.6) is 0 Å². The second kappa shape index (κ2) is 11.9. The second-order valence-electron chi connectivity index (χ2n) is 13.2. The van der Waals surface area contributed by atoms with Crippen LogP contribution in [0.3, 0.4) is 0 Å². The van der Waals surface area contributed by atoms with E-state index in [2.05, 4.69) is 187 Å². The summed E-state index contributed by atoms with van der Waals surface area (Å²) >= 11 is 1.85. The zero-order chi connectivity index (χ0) is 33.0. The summed E-state index contributed by atoms with van der Waals surface area (Å²) in [6.45, 7) is 0. The van der Waals surface area contributed by atoms with E-state index >= 15 is 0 Å². The first-order chi connectivity index (χ1) is 24.8. The number of rotatable bonds is 4. The molecule has 10 rings (SSSR count). The van der Waals surface area contributed by atoms with Gasteiger partial charge in [0.1, 0.15) is 0 Å². The molecule has 1 atom stereocenters. The topological polar surface area (TPSA) is 3.24 Å². The zero-order valence-corrected chi connectivity index (χ0v) is 28.3. The Morgan fingerprint density at radius 2 is 0.980 bits per heavy atom. The van der Waals surface area contributed by atoms with E-state index in [1.807, 2.05) is 11.8 Å². The number of hydrogen-bond donors (Lipinski definition) is 0. The van der Waals surface area contributed by atoms with Gasteiger partial charge in [-0.1, -0.05) is 157 Å². The van der Waals surface area contributed by atoms with Crippen LogP contribution in [0.2, 0.25) is 0 Å². The summed E-state index contributed by atoms with van der Waals surface area (Å²) in [6.07, 6.45) is 0.928.